The van der Waals surface area contributed by atoms with Crippen molar-refractivity contribution in [1.82, 2.24) is 9.88 Å². The Morgan fingerprint density at radius 3 is 2.78 bits per heavy atom. The number of fused-ring (bicyclic) bond motifs is 1. The molecule has 3 rings (SSSR count). The monoisotopic (exact) mass is 332 g/mol. The largest absolute Gasteiger partial charge is 0.452 e. The number of para-hydroxylation sites is 1. The summed E-state index contributed by atoms with van der Waals surface area (Å²) in [5, 5.41) is 0.872. The molecule has 1 amide bonds. The minimum Gasteiger partial charge on any atom is -0.452 e. The standard InChI is InChI=1S/C17H20N2O3S/c1-10-8-12(10)17(21)22-11(2)16(20)19(3)9-15-18-13-6-4-5-7-14(13)23-15/h4-7,10-12H,8-9H2,1-3H3. The van der Waals surface area contributed by atoms with Crippen molar-refractivity contribution in [3.8, 4) is 0 Å². The van der Waals surface area contributed by atoms with Crippen molar-refractivity contribution in [2.75, 3.05) is 7.05 Å². The molecule has 2 aromatic rings. The van der Waals surface area contributed by atoms with E-state index in [9.17, 15) is 9.59 Å². The average Bonchev–Trinajstić information content (AvgIpc) is 3.11. The molecule has 1 saturated carbocycles. The van der Waals surface area contributed by atoms with Gasteiger partial charge in [-0.15, -0.1) is 11.3 Å². The number of ether oxygens (including phenoxy) is 1. The van der Waals surface area contributed by atoms with E-state index in [1.807, 2.05) is 31.2 Å². The van der Waals surface area contributed by atoms with Gasteiger partial charge >= 0.3 is 5.97 Å². The molecule has 0 aliphatic heterocycles. The van der Waals surface area contributed by atoms with Gasteiger partial charge in [-0.25, -0.2) is 4.98 Å². The number of thiazole rings is 1. The maximum atomic E-state index is 12.3. The summed E-state index contributed by atoms with van der Waals surface area (Å²) in [4.78, 5) is 30.3. The summed E-state index contributed by atoms with van der Waals surface area (Å²) in [6.07, 6.45) is 0.107. The van der Waals surface area contributed by atoms with Crippen molar-refractivity contribution in [1.29, 1.82) is 0 Å². The lowest BCUT2D eigenvalue weighted by Gasteiger charge is -2.20. The number of rotatable bonds is 5. The number of carbonyl (C=O) groups excluding carboxylic acids is 2. The van der Waals surface area contributed by atoms with Crippen molar-refractivity contribution < 1.29 is 14.3 Å². The van der Waals surface area contributed by atoms with E-state index >= 15 is 0 Å². The lowest BCUT2D eigenvalue weighted by Crippen LogP contribution is -2.37. The minimum absolute atomic E-state index is 0.0279. The number of amides is 1. The van der Waals surface area contributed by atoms with Gasteiger partial charge in [0.1, 0.15) is 5.01 Å². The second kappa shape index (κ2) is 6.28. The summed E-state index contributed by atoms with van der Waals surface area (Å²) in [5.41, 5.74) is 0.940. The first-order valence-corrected chi connectivity index (χ1v) is 8.57. The molecule has 1 fully saturated rings. The normalized spacial score (nSPS) is 21.0. The van der Waals surface area contributed by atoms with Crippen LogP contribution in [0.15, 0.2) is 24.3 Å². The zero-order chi connectivity index (χ0) is 16.6. The molecular formula is C17H20N2O3S. The van der Waals surface area contributed by atoms with Crippen LogP contribution in [0.25, 0.3) is 10.2 Å². The number of hydrogen-bond donors (Lipinski definition) is 0. The van der Waals surface area contributed by atoms with Crippen LogP contribution in [0.4, 0.5) is 0 Å². The fourth-order valence-electron chi connectivity index (χ4n) is 2.54. The molecule has 0 radical (unpaired) electrons. The number of benzene rings is 1. The average molecular weight is 332 g/mol. The maximum Gasteiger partial charge on any atom is 0.309 e. The molecule has 1 aromatic carbocycles. The fourth-order valence-corrected chi connectivity index (χ4v) is 3.56. The molecule has 0 spiro atoms. The van der Waals surface area contributed by atoms with E-state index in [4.69, 9.17) is 4.74 Å². The van der Waals surface area contributed by atoms with E-state index in [0.29, 0.717) is 12.5 Å². The van der Waals surface area contributed by atoms with Gasteiger partial charge < -0.3 is 9.64 Å². The van der Waals surface area contributed by atoms with Crippen LogP contribution in [-0.4, -0.2) is 34.9 Å². The van der Waals surface area contributed by atoms with Gasteiger partial charge in [0.15, 0.2) is 6.10 Å². The van der Waals surface area contributed by atoms with Gasteiger partial charge in [0, 0.05) is 7.05 Å². The lowest BCUT2D eigenvalue weighted by atomic mass is 10.3. The third-order valence-electron chi connectivity index (χ3n) is 4.14. The van der Waals surface area contributed by atoms with Crippen molar-refractivity contribution in [2.24, 2.45) is 11.8 Å². The zero-order valence-electron chi connectivity index (χ0n) is 13.5. The minimum atomic E-state index is -0.755. The highest BCUT2D eigenvalue weighted by atomic mass is 32.1. The van der Waals surface area contributed by atoms with E-state index < -0.39 is 6.10 Å². The molecule has 3 unspecified atom stereocenters. The second-order valence-electron chi connectivity index (χ2n) is 6.17. The van der Waals surface area contributed by atoms with E-state index in [-0.39, 0.29) is 17.8 Å². The highest BCUT2D eigenvalue weighted by Gasteiger charge is 2.41. The Bertz CT molecular complexity index is 709. The van der Waals surface area contributed by atoms with E-state index in [1.165, 1.54) is 0 Å². The van der Waals surface area contributed by atoms with Crippen LogP contribution < -0.4 is 0 Å². The molecule has 0 saturated heterocycles. The Labute approximate surface area is 139 Å². The Morgan fingerprint density at radius 1 is 1.43 bits per heavy atom. The summed E-state index contributed by atoms with van der Waals surface area (Å²) in [6, 6.07) is 7.89. The van der Waals surface area contributed by atoms with E-state index in [2.05, 4.69) is 4.98 Å². The number of hydrogen-bond acceptors (Lipinski definition) is 5. The molecule has 5 nitrogen and oxygen atoms in total. The summed E-state index contributed by atoms with van der Waals surface area (Å²) >= 11 is 1.57. The maximum absolute atomic E-state index is 12.3. The van der Waals surface area contributed by atoms with Crippen LogP contribution >= 0.6 is 11.3 Å². The molecule has 0 N–H and O–H groups in total. The van der Waals surface area contributed by atoms with Gasteiger partial charge in [0.25, 0.3) is 5.91 Å². The van der Waals surface area contributed by atoms with Crippen LogP contribution in [0, 0.1) is 11.8 Å². The summed E-state index contributed by atoms with van der Waals surface area (Å²) in [6.45, 7) is 4.06. The van der Waals surface area contributed by atoms with Gasteiger partial charge in [-0.3, -0.25) is 9.59 Å². The van der Waals surface area contributed by atoms with Gasteiger partial charge in [0.2, 0.25) is 0 Å². The Morgan fingerprint density at radius 2 is 2.13 bits per heavy atom. The lowest BCUT2D eigenvalue weighted by molar-refractivity contribution is -0.160. The van der Waals surface area contributed by atoms with Crippen LogP contribution in [0.2, 0.25) is 0 Å². The number of nitrogens with zero attached hydrogens (tertiary/aromatic N) is 2. The van der Waals surface area contributed by atoms with Crippen molar-refractivity contribution in [3.05, 3.63) is 29.3 Å². The van der Waals surface area contributed by atoms with Gasteiger partial charge in [-0.1, -0.05) is 19.1 Å². The fraction of sp³-hybridized carbons (Fsp3) is 0.471. The highest BCUT2D eigenvalue weighted by Crippen LogP contribution is 2.38. The zero-order valence-corrected chi connectivity index (χ0v) is 14.3. The number of esters is 1. The SMILES string of the molecule is CC(OC(=O)C1CC1C)C(=O)N(C)Cc1nc2ccccc2s1. The molecule has 1 aromatic heterocycles. The molecule has 1 heterocycles. The van der Waals surface area contributed by atoms with Gasteiger partial charge in [0.05, 0.1) is 22.7 Å². The first-order chi connectivity index (χ1) is 11.0. The summed E-state index contributed by atoms with van der Waals surface area (Å²) < 4.78 is 6.38. The van der Waals surface area contributed by atoms with Crippen LogP contribution in [-0.2, 0) is 20.9 Å². The van der Waals surface area contributed by atoms with Crippen molar-refractivity contribution in [3.63, 3.8) is 0 Å². The summed E-state index contributed by atoms with van der Waals surface area (Å²) in [7, 11) is 1.71. The van der Waals surface area contributed by atoms with Crippen LogP contribution in [0.1, 0.15) is 25.3 Å². The third-order valence-corrected chi connectivity index (χ3v) is 5.16. The van der Waals surface area contributed by atoms with Gasteiger partial charge in [-0.05, 0) is 31.4 Å². The molecule has 0 bridgehead atoms. The second-order valence-corrected chi connectivity index (χ2v) is 7.28. The number of aromatic nitrogens is 1. The molecule has 122 valence electrons. The predicted octanol–water partition coefficient (Wildman–Crippen LogP) is 2.84. The Kier molecular flexibility index (Phi) is 4.35. The number of carbonyl (C=O) groups is 2. The van der Waals surface area contributed by atoms with Crippen LogP contribution in [0.3, 0.4) is 0 Å². The van der Waals surface area contributed by atoms with E-state index in [1.54, 1.807) is 30.2 Å². The van der Waals surface area contributed by atoms with Crippen molar-refractivity contribution >= 4 is 33.4 Å². The third kappa shape index (κ3) is 3.52. The smallest absolute Gasteiger partial charge is 0.309 e. The molecular weight excluding hydrogens is 312 g/mol. The quantitative estimate of drug-likeness (QED) is 0.790. The highest BCUT2D eigenvalue weighted by molar-refractivity contribution is 7.18. The Balaban J connectivity index is 1.59. The van der Waals surface area contributed by atoms with Crippen LogP contribution in [0.5, 0.6) is 0 Å². The molecule has 23 heavy (non-hydrogen) atoms. The molecule has 6 heteroatoms. The van der Waals surface area contributed by atoms with Crippen molar-refractivity contribution in [2.45, 2.75) is 32.9 Å². The number of likely N-dealkylation sites (N-methyl/N-ethyl adjacent to an activating group) is 1. The van der Waals surface area contributed by atoms with E-state index in [0.717, 1.165) is 21.6 Å². The first kappa shape index (κ1) is 15.9. The first-order valence-electron chi connectivity index (χ1n) is 7.75. The topological polar surface area (TPSA) is 59.5 Å². The predicted molar refractivity (Wildman–Crippen MR) is 88.9 cm³/mol. The summed E-state index contributed by atoms with van der Waals surface area (Å²) in [5.74, 6) is -0.109. The van der Waals surface area contributed by atoms with Gasteiger partial charge in [-0.2, -0.15) is 0 Å². The molecule has 3 atom stereocenters. The Hall–Kier alpha value is -1.95. The molecule has 1 aliphatic rings. The molecule has 1 aliphatic carbocycles.